The number of aromatic nitrogens is 2. The lowest BCUT2D eigenvalue weighted by atomic mass is 9.95. The summed E-state index contributed by atoms with van der Waals surface area (Å²) in [7, 11) is 0. The Hall–Kier alpha value is -3.75. The molecule has 2 aliphatic rings. The maximum Gasteiger partial charge on any atom is 0.276 e. The van der Waals surface area contributed by atoms with E-state index in [0.29, 0.717) is 29.8 Å². The summed E-state index contributed by atoms with van der Waals surface area (Å²) in [6.07, 6.45) is 6.26. The number of oxazole rings is 1. The number of nitrogens with zero attached hydrogens (tertiary/aromatic N) is 3. The van der Waals surface area contributed by atoms with Crippen LogP contribution in [0.2, 0.25) is 0 Å². The molecule has 1 saturated carbocycles. The summed E-state index contributed by atoms with van der Waals surface area (Å²) in [4.78, 5) is 44.4. The number of hydrogen-bond acceptors (Lipinski definition) is 5. The largest absolute Gasteiger partial charge is 0.451 e. The molecule has 0 radical (unpaired) electrons. The van der Waals surface area contributed by atoms with Gasteiger partial charge in [0, 0.05) is 31.0 Å². The van der Waals surface area contributed by atoms with Crippen molar-refractivity contribution < 1.29 is 18.4 Å². The Morgan fingerprint density at radius 2 is 1.97 bits per heavy atom. The Bertz CT molecular complexity index is 1210. The van der Waals surface area contributed by atoms with Crippen LogP contribution in [0.3, 0.4) is 0 Å². The van der Waals surface area contributed by atoms with Crippen LogP contribution >= 0.6 is 0 Å². The molecule has 0 bridgehead atoms. The molecule has 0 saturated heterocycles. The topological polar surface area (TPSA) is 97.4 Å². The zero-order valence-corrected chi connectivity index (χ0v) is 16.5. The number of rotatable bonds is 4. The molecule has 0 unspecified atom stereocenters. The van der Waals surface area contributed by atoms with Crippen LogP contribution in [0.5, 0.6) is 0 Å². The molecule has 1 fully saturated rings. The molecule has 1 aliphatic carbocycles. The van der Waals surface area contributed by atoms with Gasteiger partial charge in [0.2, 0.25) is 0 Å². The van der Waals surface area contributed by atoms with Crippen molar-refractivity contribution in [2.75, 3.05) is 6.54 Å². The normalized spacial score (nSPS) is 15.5. The van der Waals surface area contributed by atoms with Gasteiger partial charge in [-0.2, -0.15) is 0 Å². The van der Waals surface area contributed by atoms with E-state index in [-0.39, 0.29) is 29.8 Å². The predicted octanol–water partition coefficient (Wildman–Crippen LogP) is 2.06. The van der Waals surface area contributed by atoms with E-state index in [2.05, 4.69) is 10.3 Å². The van der Waals surface area contributed by atoms with E-state index in [1.807, 2.05) is 0 Å². The van der Waals surface area contributed by atoms with Crippen molar-refractivity contribution in [3.05, 3.63) is 81.7 Å². The maximum absolute atomic E-state index is 13.4. The molecule has 2 aromatic heterocycles. The molecule has 1 aromatic carbocycles. The Kier molecular flexibility index (Phi) is 4.65. The quantitative estimate of drug-likeness (QED) is 0.694. The van der Waals surface area contributed by atoms with E-state index in [1.165, 1.54) is 41.5 Å². The molecule has 1 N–H and O–H groups in total. The Labute approximate surface area is 176 Å². The van der Waals surface area contributed by atoms with Crippen LogP contribution in [0.4, 0.5) is 4.39 Å². The van der Waals surface area contributed by atoms with Gasteiger partial charge < -0.3 is 14.6 Å². The number of fused-ring (bicyclic) bond motifs is 1. The third kappa shape index (κ3) is 3.63. The van der Waals surface area contributed by atoms with Crippen molar-refractivity contribution >= 4 is 11.8 Å². The van der Waals surface area contributed by atoms with Crippen LogP contribution in [0, 0.1) is 5.82 Å². The molecule has 2 amide bonds. The molecule has 9 heteroatoms. The average Bonchev–Trinajstić information content (AvgIpc) is 3.41. The number of pyridine rings is 1. The summed E-state index contributed by atoms with van der Waals surface area (Å²) in [6.45, 7) is 0.564. The van der Waals surface area contributed by atoms with E-state index in [4.69, 9.17) is 4.42 Å². The van der Waals surface area contributed by atoms with Crippen LogP contribution in [0.1, 0.15) is 44.8 Å². The first-order chi connectivity index (χ1) is 15.0. The molecular weight excluding hydrogens is 403 g/mol. The second-order valence-corrected chi connectivity index (χ2v) is 7.76. The second kappa shape index (κ2) is 7.50. The number of hydrogen-bond donors (Lipinski definition) is 1. The number of halogens is 1. The van der Waals surface area contributed by atoms with Crippen LogP contribution in [0.15, 0.2) is 52.3 Å². The van der Waals surface area contributed by atoms with Crippen molar-refractivity contribution in [2.45, 2.75) is 31.8 Å². The monoisotopic (exact) mass is 422 g/mol. The minimum atomic E-state index is -0.459. The van der Waals surface area contributed by atoms with Crippen molar-refractivity contribution in [1.82, 2.24) is 19.8 Å². The Balaban J connectivity index is 1.58. The number of amides is 2. The van der Waals surface area contributed by atoms with Gasteiger partial charge in [0.05, 0.1) is 0 Å². The zero-order valence-electron chi connectivity index (χ0n) is 16.5. The van der Waals surface area contributed by atoms with Gasteiger partial charge in [-0.25, -0.2) is 9.37 Å². The van der Waals surface area contributed by atoms with E-state index >= 15 is 0 Å². The molecule has 8 nitrogen and oxygen atoms in total. The highest BCUT2D eigenvalue weighted by Crippen LogP contribution is 2.25. The lowest BCUT2D eigenvalue weighted by Gasteiger charge is -2.30. The number of benzene rings is 1. The molecule has 5 rings (SSSR count). The number of carbonyl (C=O) groups excluding carboxylic acids is 2. The molecule has 31 heavy (non-hydrogen) atoms. The van der Waals surface area contributed by atoms with Gasteiger partial charge >= 0.3 is 0 Å². The van der Waals surface area contributed by atoms with Crippen LogP contribution < -0.4 is 10.9 Å². The van der Waals surface area contributed by atoms with Crippen molar-refractivity contribution in [1.29, 1.82) is 0 Å². The van der Waals surface area contributed by atoms with Gasteiger partial charge in [-0.1, -0.05) is 0 Å². The van der Waals surface area contributed by atoms with Crippen molar-refractivity contribution in [3.8, 4) is 5.69 Å². The summed E-state index contributed by atoms with van der Waals surface area (Å²) >= 11 is 0. The summed E-state index contributed by atoms with van der Waals surface area (Å²) < 4.78 is 19.6. The summed E-state index contributed by atoms with van der Waals surface area (Å²) in [6, 6.07) is 5.56. The lowest BCUT2D eigenvalue weighted by molar-refractivity contribution is 0.0728. The van der Waals surface area contributed by atoms with Gasteiger partial charge in [-0.05, 0) is 54.7 Å². The number of carbonyl (C=O) groups is 2. The molecule has 0 spiro atoms. The van der Waals surface area contributed by atoms with Crippen molar-refractivity contribution in [2.24, 2.45) is 0 Å². The van der Waals surface area contributed by atoms with E-state index in [9.17, 15) is 18.8 Å². The van der Waals surface area contributed by atoms with Gasteiger partial charge in [0.1, 0.15) is 17.6 Å². The highest BCUT2D eigenvalue weighted by atomic mass is 19.1. The molecule has 3 aromatic rings. The fraction of sp³-hybridized carbons (Fsp3) is 0.273. The highest BCUT2D eigenvalue weighted by molar-refractivity contribution is 5.96. The standard InChI is InChI=1S/C22H19FN4O4/c23-14-1-5-16(6-2-14)27-10-13-9-26(21(29)18-11-31-12-24-18)8-7-17(13)19(22(27)30)20(28)25-15-3-4-15/h1-2,5-6,10-12,15H,3-4,7-9H2,(H,25,28). The smallest absolute Gasteiger partial charge is 0.276 e. The maximum atomic E-state index is 13.4. The summed E-state index contributed by atoms with van der Waals surface area (Å²) in [5.41, 5.74) is 1.59. The fourth-order valence-corrected chi connectivity index (χ4v) is 3.82. The summed E-state index contributed by atoms with van der Waals surface area (Å²) in [5, 5.41) is 2.89. The Morgan fingerprint density at radius 1 is 1.19 bits per heavy atom. The fourth-order valence-electron chi connectivity index (χ4n) is 3.82. The van der Waals surface area contributed by atoms with E-state index in [0.717, 1.165) is 12.8 Å². The zero-order chi connectivity index (χ0) is 21.5. The average molecular weight is 422 g/mol. The first kappa shape index (κ1) is 19.2. The second-order valence-electron chi connectivity index (χ2n) is 7.76. The molecule has 1 aliphatic heterocycles. The van der Waals surface area contributed by atoms with Gasteiger partial charge in [-0.3, -0.25) is 19.0 Å². The lowest BCUT2D eigenvalue weighted by Crippen LogP contribution is -2.41. The first-order valence-electron chi connectivity index (χ1n) is 10.0. The van der Waals surface area contributed by atoms with E-state index < -0.39 is 17.3 Å². The van der Waals surface area contributed by atoms with Gasteiger partial charge in [0.25, 0.3) is 17.4 Å². The SMILES string of the molecule is O=C(NC1CC1)c1c2c(cn(-c3ccc(F)cc3)c1=O)CN(C(=O)c1cocn1)CC2. The minimum absolute atomic E-state index is 0.0854. The summed E-state index contributed by atoms with van der Waals surface area (Å²) in [5.74, 6) is -1.12. The van der Waals surface area contributed by atoms with Crippen molar-refractivity contribution in [3.63, 3.8) is 0 Å². The first-order valence-corrected chi connectivity index (χ1v) is 10.0. The van der Waals surface area contributed by atoms with Gasteiger partial charge in [-0.15, -0.1) is 0 Å². The molecular formula is C22H19FN4O4. The predicted molar refractivity (Wildman–Crippen MR) is 107 cm³/mol. The van der Waals surface area contributed by atoms with Gasteiger partial charge in [0.15, 0.2) is 12.1 Å². The van der Waals surface area contributed by atoms with Crippen LogP contribution in [0.25, 0.3) is 5.69 Å². The van der Waals surface area contributed by atoms with Crippen LogP contribution in [-0.2, 0) is 13.0 Å². The third-order valence-electron chi connectivity index (χ3n) is 5.58. The Morgan fingerprint density at radius 3 is 2.65 bits per heavy atom. The highest BCUT2D eigenvalue weighted by Gasteiger charge is 2.31. The molecule has 158 valence electrons. The van der Waals surface area contributed by atoms with E-state index in [1.54, 1.807) is 11.1 Å². The number of nitrogens with one attached hydrogen (secondary N) is 1. The molecule has 3 heterocycles. The third-order valence-corrected chi connectivity index (χ3v) is 5.58. The minimum Gasteiger partial charge on any atom is -0.451 e. The van der Waals surface area contributed by atoms with Crippen LogP contribution in [-0.4, -0.2) is 38.9 Å². The molecule has 0 atom stereocenters.